The second-order valence-electron chi connectivity index (χ2n) is 7.00. The number of benzene rings is 2. The minimum atomic E-state index is -3.77. The van der Waals surface area contributed by atoms with Crippen LogP contribution in [0.15, 0.2) is 68.9 Å². The van der Waals surface area contributed by atoms with E-state index in [1.807, 2.05) is 51.1 Å². The number of anilines is 1. The third-order valence-corrected chi connectivity index (χ3v) is 5.78. The van der Waals surface area contributed by atoms with E-state index in [9.17, 15) is 8.42 Å². The Morgan fingerprint density at radius 1 is 1.04 bits per heavy atom. The highest BCUT2D eigenvalue weighted by Crippen LogP contribution is 2.29. The largest absolute Gasteiger partial charge is 0.424 e. The molecule has 27 heavy (non-hydrogen) atoms. The molecule has 0 amide bonds. The summed E-state index contributed by atoms with van der Waals surface area (Å²) in [5, 5.41) is 3.04. The zero-order valence-electron chi connectivity index (χ0n) is 15.8. The van der Waals surface area contributed by atoms with Gasteiger partial charge in [0.2, 0.25) is 20.7 Å². The summed E-state index contributed by atoms with van der Waals surface area (Å²) in [4.78, 5) is 4.52. The molecule has 0 saturated heterocycles. The summed E-state index contributed by atoms with van der Waals surface area (Å²) >= 11 is 0. The molecule has 3 rings (SSSR count). The molecule has 0 atom stereocenters. The first-order valence-corrected chi connectivity index (χ1v) is 10.4. The first kappa shape index (κ1) is 19.2. The predicted octanol–water partition coefficient (Wildman–Crippen LogP) is 4.63. The third-order valence-electron chi connectivity index (χ3n) is 4.10. The zero-order chi connectivity index (χ0) is 19.4. The van der Waals surface area contributed by atoms with Crippen LogP contribution in [0.25, 0.3) is 0 Å². The fourth-order valence-corrected chi connectivity index (χ4v) is 3.98. The molecule has 0 saturated carbocycles. The molecule has 6 heteroatoms. The number of nitrogens with zero attached hydrogens (tertiary/aromatic N) is 1. The van der Waals surface area contributed by atoms with Crippen LogP contribution in [0.3, 0.4) is 0 Å². The lowest BCUT2D eigenvalue weighted by atomic mass is 10.1. The smallest absolute Gasteiger partial charge is 0.233 e. The van der Waals surface area contributed by atoms with E-state index in [0.29, 0.717) is 24.8 Å². The number of sulfone groups is 1. The Morgan fingerprint density at radius 3 is 2.33 bits per heavy atom. The van der Waals surface area contributed by atoms with E-state index < -0.39 is 9.84 Å². The minimum Gasteiger partial charge on any atom is -0.424 e. The Hall–Kier alpha value is -2.60. The van der Waals surface area contributed by atoms with E-state index in [1.54, 1.807) is 24.3 Å². The molecule has 0 unspecified atom stereocenters. The standard InChI is InChI=1S/C21H24N2O3S/c1-15(2)13-19-23-21(27(24,25)18-11-9-16(3)10-12-18)20(26-19)22-14-17-7-5-4-6-8-17/h4-12,15,22H,13-14H2,1-3H3. The van der Waals surface area contributed by atoms with Gasteiger partial charge in [-0.1, -0.05) is 61.9 Å². The number of hydrogen-bond acceptors (Lipinski definition) is 5. The van der Waals surface area contributed by atoms with Gasteiger partial charge in [0.15, 0.2) is 5.89 Å². The molecule has 0 fully saturated rings. The molecule has 0 radical (unpaired) electrons. The number of aryl methyl sites for hydroxylation is 1. The Labute approximate surface area is 160 Å². The molecule has 5 nitrogen and oxygen atoms in total. The molecule has 0 spiro atoms. The van der Waals surface area contributed by atoms with Gasteiger partial charge in [-0.15, -0.1) is 0 Å². The van der Waals surface area contributed by atoms with Crippen LogP contribution in [-0.4, -0.2) is 13.4 Å². The van der Waals surface area contributed by atoms with Crippen molar-refractivity contribution in [2.45, 2.75) is 43.7 Å². The van der Waals surface area contributed by atoms with E-state index in [4.69, 9.17) is 4.42 Å². The summed E-state index contributed by atoms with van der Waals surface area (Å²) in [7, 11) is -3.77. The van der Waals surface area contributed by atoms with Gasteiger partial charge in [-0.3, -0.25) is 0 Å². The van der Waals surface area contributed by atoms with Crippen molar-refractivity contribution in [2.24, 2.45) is 5.92 Å². The summed E-state index contributed by atoms with van der Waals surface area (Å²) in [6.07, 6.45) is 0.573. The molecule has 0 aliphatic heterocycles. The molecule has 2 aromatic carbocycles. The summed E-state index contributed by atoms with van der Waals surface area (Å²) < 4.78 is 32.0. The van der Waals surface area contributed by atoms with Crippen LogP contribution in [0.4, 0.5) is 5.88 Å². The van der Waals surface area contributed by atoms with Crippen LogP contribution in [-0.2, 0) is 22.8 Å². The van der Waals surface area contributed by atoms with Crippen LogP contribution in [0.1, 0.15) is 30.9 Å². The van der Waals surface area contributed by atoms with Gasteiger partial charge in [0.1, 0.15) is 0 Å². The van der Waals surface area contributed by atoms with E-state index in [2.05, 4.69) is 10.3 Å². The molecule has 142 valence electrons. The first-order chi connectivity index (χ1) is 12.9. The number of rotatable bonds is 7. The molecule has 1 heterocycles. The first-order valence-electron chi connectivity index (χ1n) is 8.95. The van der Waals surface area contributed by atoms with Crippen LogP contribution >= 0.6 is 0 Å². The van der Waals surface area contributed by atoms with E-state index >= 15 is 0 Å². The van der Waals surface area contributed by atoms with Crippen molar-refractivity contribution in [1.82, 2.24) is 4.98 Å². The van der Waals surface area contributed by atoms with Crippen molar-refractivity contribution >= 4 is 15.7 Å². The topological polar surface area (TPSA) is 72.2 Å². The molecule has 3 aromatic rings. The maximum atomic E-state index is 13.1. The number of oxazole rings is 1. The maximum Gasteiger partial charge on any atom is 0.233 e. The average Bonchev–Trinajstić information content (AvgIpc) is 3.04. The van der Waals surface area contributed by atoms with Gasteiger partial charge in [0, 0.05) is 13.0 Å². The predicted molar refractivity (Wildman–Crippen MR) is 105 cm³/mol. The number of aromatic nitrogens is 1. The number of hydrogen-bond donors (Lipinski definition) is 1. The summed E-state index contributed by atoms with van der Waals surface area (Å²) in [6, 6.07) is 16.5. The van der Waals surface area contributed by atoms with Gasteiger partial charge < -0.3 is 9.73 Å². The van der Waals surface area contributed by atoms with Crippen LogP contribution in [0, 0.1) is 12.8 Å². The average molecular weight is 385 g/mol. The fraction of sp³-hybridized carbons (Fsp3) is 0.286. The Morgan fingerprint density at radius 2 is 1.70 bits per heavy atom. The number of nitrogens with one attached hydrogen (secondary N) is 1. The van der Waals surface area contributed by atoms with Crippen LogP contribution in [0.2, 0.25) is 0 Å². The molecule has 1 N–H and O–H groups in total. The summed E-state index contributed by atoms with van der Waals surface area (Å²) in [6.45, 7) is 6.44. The van der Waals surface area contributed by atoms with Crippen molar-refractivity contribution in [3.8, 4) is 0 Å². The van der Waals surface area contributed by atoms with Crippen molar-refractivity contribution in [1.29, 1.82) is 0 Å². The third kappa shape index (κ3) is 4.57. The summed E-state index contributed by atoms with van der Waals surface area (Å²) in [5.74, 6) is 0.918. The lowest BCUT2D eigenvalue weighted by Gasteiger charge is -2.06. The second kappa shape index (κ2) is 7.96. The Kier molecular flexibility index (Phi) is 5.65. The van der Waals surface area contributed by atoms with Crippen molar-refractivity contribution in [3.05, 3.63) is 71.6 Å². The fourth-order valence-electron chi connectivity index (χ4n) is 2.69. The molecule has 0 aliphatic carbocycles. The minimum absolute atomic E-state index is 0.0575. The highest BCUT2D eigenvalue weighted by atomic mass is 32.2. The Bertz CT molecular complexity index is 992. The van der Waals surface area contributed by atoms with Crippen molar-refractivity contribution < 1.29 is 12.8 Å². The lowest BCUT2D eigenvalue weighted by molar-refractivity contribution is 0.466. The van der Waals surface area contributed by atoms with Gasteiger partial charge in [-0.2, -0.15) is 4.98 Å². The maximum absolute atomic E-state index is 13.1. The lowest BCUT2D eigenvalue weighted by Crippen LogP contribution is -2.07. The van der Waals surface area contributed by atoms with Crippen LogP contribution < -0.4 is 5.32 Å². The Balaban J connectivity index is 1.96. The highest BCUT2D eigenvalue weighted by Gasteiger charge is 2.28. The monoisotopic (exact) mass is 384 g/mol. The molecule has 0 aliphatic rings. The van der Waals surface area contributed by atoms with Gasteiger partial charge >= 0.3 is 0 Å². The van der Waals surface area contributed by atoms with Crippen LogP contribution in [0.5, 0.6) is 0 Å². The molecule has 0 bridgehead atoms. The van der Waals surface area contributed by atoms with Crippen molar-refractivity contribution in [2.75, 3.05) is 5.32 Å². The zero-order valence-corrected chi connectivity index (χ0v) is 16.6. The van der Waals surface area contributed by atoms with E-state index in [0.717, 1.165) is 11.1 Å². The molecular weight excluding hydrogens is 360 g/mol. The second-order valence-corrected chi connectivity index (χ2v) is 8.86. The van der Waals surface area contributed by atoms with Gasteiger partial charge in [0.25, 0.3) is 0 Å². The highest BCUT2D eigenvalue weighted by molar-refractivity contribution is 7.91. The quantitative estimate of drug-likeness (QED) is 0.643. The van der Waals surface area contributed by atoms with Gasteiger partial charge in [0.05, 0.1) is 4.90 Å². The van der Waals surface area contributed by atoms with E-state index in [1.165, 1.54) is 0 Å². The van der Waals surface area contributed by atoms with Gasteiger partial charge in [-0.25, -0.2) is 8.42 Å². The molecular formula is C21H24N2O3S. The van der Waals surface area contributed by atoms with E-state index in [-0.39, 0.29) is 15.8 Å². The summed E-state index contributed by atoms with van der Waals surface area (Å²) in [5.41, 5.74) is 2.02. The van der Waals surface area contributed by atoms with Crippen molar-refractivity contribution in [3.63, 3.8) is 0 Å². The molecule has 1 aromatic heterocycles. The van der Waals surface area contributed by atoms with Gasteiger partial charge in [-0.05, 0) is 30.5 Å². The SMILES string of the molecule is Cc1ccc(S(=O)(=O)c2nc(CC(C)C)oc2NCc2ccccc2)cc1. The normalized spacial score (nSPS) is 11.7.